The Bertz CT molecular complexity index is 326. The Labute approximate surface area is 104 Å². The lowest BCUT2D eigenvalue weighted by atomic mass is 9.94. The molecule has 2 rings (SSSR count). The van der Waals surface area contributed by atoms with Crippen LogP contribution in [-0.4, -0.2) is 33.0 Å². The number of likely N-dealkylation sites (tertiary alicyclic amines) is 1. The van der Waals surface area contributed by atoms with Crippen LogP contribution in [0.2, 0.25) is 0 Å². The van der Waals surface area contributed by atoms with E-state index in [-0.39, 0.29) is 0 Å². The van der Waals surface area contributed by atoms with Gasteiger partial charge in [-0.2, -0.15) is 0 Å². The van der Waals surface area contributed by atoms with E-state index in [1.54, 1.807) is 0 Å². The van der Waals surface area contributed by atoms with Crippen molar-refractivity contribution in [2.24, 2.45) is 5.92 Å². The van der Waals surface area contributed by atoms with Crippen molar-refractivity contribution in [1.29, 1.82) is 0 Å². The van der Waals surface area contributed by atoms with Crippen LogP contribution in [0.4, 0.5) is 0 Å². The van der Waals surface area contributed by atoms with Gasteiger partial charge in [0.15, 0.2) is 0 Å². The molecule has 1 saturated heterocycles. The van der Waals surface area contributed by atoms with E-state index >= 15 is 0 Å². The van der Waals surface area contributed by atoms with E-state index < -0.39 is 0 Å². The summed E-state index contributed by atoms with van der Waals surface area (Å²) in [7, 11) is 0. The molecule has 1 aliphatic rings. The van der Waals surface area contributed by atoms with Gasteiger partial charge in [0.1, 0.15) is 0 Å². The summed E-state index contributed by atoms with van der Waals surface area (Å²) in [6.07, 6.45) is 7.24. The maximum absolute atomic E-state index is 4.24. The summed E-state index contributed by atoms with van der Waals surface area (Å²) in [5, 5.41) is 8.38. The number of nitrogens with zero attached hydrogens (tertiary/aromatic N) is 4. The summed E-state index contributed by atoms with van der Waals surface area (Å²) in [5.74, 6) is 0.946. The quantitative estimate of drug-likeness (QED) is 0.786. The Kier molecular flexibility index (Phi) is 4.54. The van der Waals surface area contributed by atoms with Crippen molar-refractivity contribution in [3.63, 3.8) is 0 Å². The monoisotopic (exact) mass is 236 g/mol. The lowest BCUT2D eigenvalue weighted by molar-refractivity contribution is 0.173. The molecule has 0 aromatic carbocycles. The lowest BCUT2D eigenvalue weighted by Gasteiger charge is -2.30. The Hall–Kier alpha value is -0.900. The van der Waals surface area contributed by atoms with Crippen LogP contribution in [0.3, 0.4) is 0 Å². The van der Waals surface area contributed by atoms with Crippen molar-refractivity contribution in [3.8, 4) is 0 Å². The molecule has 0 amide bonds. The van der Waals surface area contributed by atoms with Crippen LogP contribution in [0.25, 0.3) is 0 Å². The van der Waals surface area contributed by atoms with Crippen molar-refractivity contribution in [3.05, 3.63) is 11.9 Å². The standard InChI is InChI=1S/C13H24N4/c1-3-7-17-11-13(14-15-17)10-16-8-5-12(4-2)6-9-16/h11-12H,3-10H2,1-2H3. The zero-order valence-corrected chi connectivity index (χ0v) is 11.1. The smallest absolute Gasteiger partial charge is 0.0967 e. The molecule has 0 atom stereocenters. The van der Waals surface area contributed by atoms with E-state index in [1.165, 1.54) is 32.4 Å². The summed E-state index contributed by atoms with van der Waals surface area (Å²) in [4.78, 5) is 2.51. The molecule has 1 aliphatic heterocycles. The average molecular weight is 236 g/mol. The largest absolute Gasteiger partial charge is 0.297 e. The van der Waals surface area contributed by atoms with Crippen LogP contribution in [0.1, 0.15) is 45.2 Å². The Morgan fingerprint density at radius 3 is 2.71 bits per heavy atom. The summed E-state index contributed by atoms with van der Waals surface area (Å²) in [6.45, 7) is 8.86. The van der Waals surface area contributed by atoms with Gasteiger partial charge in [-0.3, -0.25) is 9.58 Å². The molecule has 0 radical (unpaired) electrons. The van der Waals surface area contributed by atoms with E-state index in [0.29, 0.717) is 0 Å². The molecule has 0 saturated carbocycles. The maximum Gasteiger partial charge on any atom is 0.0967 e. The van der Waals surface area contributed by atoms with Gasteiger partial charge in [0.25, 0.3) is 0 Å². The summed E-state index contributed by atoms with van der Waals surface area (Å²) in [6, 6.07) is 0. The lowest BCUT2D eigenvalue weighted by Crippen LogP contribution is -2.33. The van der Waals surface area contributed by atoms with Crippen LogP contribution in [-0.2, 0) is 13.1 Å². The molecule has 1 fully saturated rings. The molecule has 96 valence electrons. The van der Waals surface area contributed by atoms with Gasteiger partial charge in [-0.15, -0.1) is 5.10 Å². The highest BCUT2D eigenvalue weighted by atomic mass is 15.4. The number of hydrogen-bond acceptors (Lipinski definition) is 3. The molecule has 0 spiro atoms. The number of hydrogen-bond donors (Lipinski definition) is 0. The van der Waals surface area contributed by atoms with E-state index in [4.69, 9.17) is 0 Å². The van der Waals surface area contributed by atoms with Crippen molar-refractivity contribution in [2.45, 2.75) is 52.6 Å². The minimum Gasteiger partial charge on any atom is -0.297 e. The highest BCUT2D eigenvalue weighted by molar-refractivity contribution is 4.92. The summed E-state index contributed by atoms with van der Waals surface area (Å²) < 4.78 is 1.95. The first-order valence-corrected chi connectivity index (χ1v) is 6.93. The highest BCUT2D eigenvalue weighted by Crippen LogP contribution is 2.20. The van der Waals surface area contributed by atoms with Gasteiger partial charge in [-0.1, -0.05) is 25.5 Å². The maximum atomic E-state index is 4.24. The molecule has 4 nitrogen and oxygen atoms in total. The Balaban J connectivity index is 1.80. The molecule has 0 N–H and O–H groups in total. The van der Waals surface area contributed by atoms with Crippen molar-refractivity contribution < 1.29 is 0 Å². The molecule has 0 unspecified atom stereocenters. The zero-order chi connectivity index (χ0) is 12.1. The van der Waals surface area contributed by atoms with Gasteiger partial charge < -0.3 is 0 Å². The predicted molar refractivity (Wildman–Crippen MR) is 68.6 cm³/mol. The van der Waals surface area contributed by atoms with Gasteiger partial charge in [0.05, 0.1) is 5.69 Å². The van der Waals surface area contributed by atoms with Crippen molar-refractivity contribution in [1.82, 2.24) is 19.9 Å². The molecule has 2 heterocycles. The van der Waals surface area contributed by atoms with Crippen LogP contribution >= 0.6 is 0 Å². The van der Waals surface area contributed by atoms with Gasteiger partial charge in [-0.25, -0.2) is 0 Å². The summed E-state index contributed by atoms with van der Waals surface area (Å²) >= 11 is 0. The molecule has 1 aromatic rings. The van der Waals surface area contributed by atoms with Crippen LogP contribution in [0.15, 0.2) is 6.20 Å². The van der Waals surface area contributed by atoms with E-state index in [1.807, 2.05) is 4.68 Å². The Morgan fingerprint density at radius 1 is 1.29 bits per heavy atom. The van der Waals surface area contributed by atoms with E-state index in [9.17, 15) is 0 Å². The number of rotatable bonds is 5. The number of piperidine rings is 1. The van der Waals surface area contributed by atoms with Gasteiger partial charge in [0, 0.05) is 19.3 Å². The van der Waals surface area contributed by atoms with E-state index in [2.05, 4.69) is 35.3 Å². The van der Waals surface area contributed by atoms with Crippen LogP contribution < -0.4 is 0 Å². The molecular formula is C13H24N4. The molecule has 1 aromatic heterocycles. The second-order valence-electron chi connectivity index (χ2n) is 5.10. The SMILES string of the molecule is CCCn1cc(CN2CCC(CC)CC2)nn1. The zero-order valence-electron chi connectivity index (χ0n) is 11.1. The fourth-order valence-electron chi connectivity index (χ4n) is 2.53. The molecule has 4 heteroatoms. The molecular weight excluding hydrogens is 212 g/mol. The Morgan fingerprint density at radius 2 is 2.06 bits per heavy atom. The first-order chi connectivity index (χ1) is 8.31. The van der Waals surface area contributed by atoms with Gasteiger partial charge in [-0.05, 0) is 38.3 Å². The number of aromatic nitrogens is 3. The summed E-state index contributed by atoms with van der Waals surface area (Å²) in [5.41, 5.74) is 1.12. The van der Waals surface area contributed by atoms with Crippen molar-refractivity contribution in [2.75, 3.05) is 13.1 Å². The minimum atomic E-state index is 0.946. The predicted octanol–water partition coefficient (Wildman–Crippen LogP) is 2.31. The highest BCUT2D eigenvalue weighted by Gasteiger charge is 2.18. The van der Waals surface area contributed by atoms with Crippen LogP contribution in [0.5, 0.6) is 0 Å². The molecule has 0 bridgehead atoms. The number of aryl methyl sites for hydroxylation is 1. The van der Waals surface area contributed by atoms with Crippen molar-refractivity contribution >= 4 is 0 Å². The third kappa shape index (κ3) is 3.53. The van der Waals surface area contributed by atoms with Gasteiger partial charge in [0.2, 0.25) is 0 Å². The molecule has 0 aliphatic carbocycles. The normalized spacial score (nSPS) is 18.7. The first-order valence-electron chi connectivity index (χ1n) is 6.93. The third-order valence-electron chi connectivity index (χ3n) is 3.71. The fraction of sp³-hybridized carbons (Fsp3) is 0.846. The first kappa shape index (κ1) is 12.6. The topological polar surface area (TPSA) is 34.0 Å². The second-order valence-corrected chi connectivity index (χ2v) is 5.10. The average Bonchev–Trinajstić information content (AvgIpc) is 2.78. The molecule has 17 heavy (non-hydrogen) atoms. The fourth-order valence-corrected chi connectivity index (χ4v) is 2.53. The van der Waals surface area contributed by atoms with Crippen LogP contribution in [0, 0.1) is 5.92 Å². The van der Waals surface area contributed by atoms with E-state index in [0.717, 1.165) is 31.1 Å². The minimum absolute atomic E-state index is 0.946. The van der Waals surface area contributed by atoms with Gasteiger partial charge >= 0.3 is 0 Å². The third-order valence-corrected chi connectivity index (χ3v) is 3.71. The second kappa shape index (κ2) is 6.15.